The highest BCUT2D eigenvalue weighted by molar-refractivity contribution is 5.76. The monoisotopic (exact) mass is 250 g/mol. The summed E-state index contributed by atoms with van der Waals surface area (Å²) in [6.07, 6.45) is 2.27. The number of amides is 1. The third-order valence-corrected chi connectivity index (χ3v) is 2.73. The molecule has 1 rings (SSSR count). The molecule has 3 N–H and O–H groups in total. The van der Waals surface area contributed by atoms with Crippen molar-refractivity contribution in [1.29, 1.82) is 0 Å². The Kier molecular flexibility index (Phi) is 6.22. The summed E-state index contributed by atoms with van der Waals surface area (Å²) in [5.74, 6) is 0.795. The third kappa shape index (κ3) is 5.19. The Morgan fingerprint density at radius 1 is 1.50 bits per heavy atom. The summed E-state index contributed by atoms with van der Waals surface area (Å²) in [7, 11) is 1.63. The van der Waals surface area contributed by atoms with Crippen LogP contribution in [0.4, 0.5) is 0 Å². The van der Waals surface area contributed by atoms with Gasteiger partial charge in [0, 0.05) is 19.0 Å². The lowest BCUT2D eigenvalue weighted by atomic mass is 10.1. The smallest absolute Gasteiger partial charge is 0.221 e. The van der Waals surface area contributed by atoms with Crippen molar-refractivity contribution in [3.8, 4) is 5.75 Å². The highest BCUT2D eigenvalue weighted by Gasteiger charge is 2.08. The molecule has 0 aliphatic heterocycles. The molecule has 1 aromatic rings. The van der Waals surface area contributed by atoms with Crippen LogP contribution >= 0.6 is 0 Å². The average molecular weight is 250 g/mol. The van der Waals surface area contributed by atoms with E-state index in [4.69, 9.17) is 10.5 Å². The Morgan fingerprint density at radius 2 is 2.28 bits per heavy atom. The minimum atomic E-state index is -0.0414. The first-order chi connectivity index (χ1) is 8.65. The van der Waals surface area contributed by atoms with Crippen LogP contribution in [0.1, 0.15) is 31.7 Å². The minimum Gasteiger partial charge on any atom is -0.497 e. The largest absolute Gasteiger partial charge is 0.497 e. The fourth-order valence-corrected chi connectivity index (χ4v) is 1.77. The minimum absolute atomic E-state index is 0.00114. The number of methoxy groups -OCH3 is 1. The van der Waals surface area contributed by atoms with E-state index in [1.165, 1.54) is 0 Å². The molecule has 4 nitrogen and oxygen atoms in total. The summed E-state index contributed by atoms with van der Waals surface area (Å²) >= 11 is 0. The molecular weight excluding hydrogens is 228 g/mol. The Bertz CT molecular complexity index is 380. The number of nitrogens with two attached hydrogens (primary N) is 1. The predicted octanol–water partition coefficient (Wildman–Crippen LogP) is 1.83. The Labute approximate surface area is 109 Å². The van der Waals surface area contributed by atoms with Crippen LogP contribution < -0.4 is 15.8 Å². The van der Waals surface area contributed by atoms with Gasteiger partial charge in [-0.1, -0.05) is 25.5 Å². The van der Waals surface area contributed by atoms with Gasteiger partial charge in [0.05, 0.1) is 7.11 Å². The van der Waals surface area contributed by atoms with Crippen LogP contribution in [0.5, 0.6) is 5.75 Å². The maximum Gasteiger partial charge on any atom is 0.221 e. The zero-order valence-corrected chi connectivity index (χ0v) is 11.1. The van der Waals surface area contributed by atoms with E-state index in [0.717, 1.165) is 24.2 Å². The number of hydrogen-bond donors (Lipinski definition) is 2. The molecule has 0 saturated carbocycles. The van der Waals surface area contributed by atoms with Crippen molar-refractivity contribution in [2.24, 2.45) is 5.73 Å². The summed E-state index contributed by atoms with van der Waals surface area (Å²) in [6.45, 7) is 2.57. The third-order valence-electron chi connectivity index (χ3n) is 2.73. The highest BCUT2D eigenvalue weighted by atomic mass is 16.5. The van der Waals surface area contributed by atoms with Gasteiger partial charge in [0.15, 0.2) is 0 Å². The van der Waals surface area contributed by atoms with Crippen molar-refractivity contribution in [1.82, 2.24) is 5.32 Å². The van der Waals surface area contributed by atoms with Crippen molar-refractivity contribution in [3.63, 3.8) is 0 Å². The normalized spacial score (nSPS) is 11.9. The zero-order valence-electron chi connectivity index (χ0n) is 11.1. The van der Waals surface area contributed by atoms with Gasteiger partial charge in [0.2, 0.25) is 5.91 Å². The van der Waals surface area contributed by atoms with E-state index in [1.54, 1.807) is 7.11 Å². The summed E-state index contributed by atoms with van der Waals surface area (Å²) in [5.41, 5.74) is 6.84. The van der Waals surface area contributed by atoms with E-state index in [-0.39, 0.29) is 11.9 Å². The molecule has 1 unspecified atom stereocenters. The molecule has 1 amide bonds. The van der Waals surface area contributed by atoms with E-state index in [9.17, 15) is 4.79 Å². The van der Waals surface area contributed by atoms with E-state index in [2.05, 4.69) is 12.2 Å². The number of benzene rings is 1. The van der Waals surface area contributed by atoms with Gasteiger partial charge < -0.3 is 15.8 Å². The average Bonchev–Trinajstić information content (AvgIpc) is 2.37. The van der Waals surface area contributed by atoms with E-state index in [1.807, 2.05) is 24.3 Å². The summed E-state index contributed by atoms with van der Waals surface area (Å²) < 4.78 is 5.13. The molecule has 0 radical (unpaired) electrons. The number of nitrogens with one attached hydrogen (secondary N) is 1. The SMILES string of the molecule is CCCC(N)CC(=O)NCc1cccc(OC)c1. The first-order valence-corrected chi connectivity index (χ1v) is 6.31. The second-order valence-electron chi connectivity index (χ2n) is 4.38. The Hall–Kier alpha value is -1.55. The van der Waals surface area contributed by atoms with Crippen molar-refractivity contribution >= 4 is 5.91 Å². The van der Waals surface area contributed by atoms with Crippen molar-refractivity contribution in [2.45, 2.75) is 38.8 Å². The van der Waals surface area contributed by atoms with E-state index < -0.39 is 0 Å². The molecule has 0 fully saturated rings. The molecule has 18 heavy (non-hydrogen) atoms. The maximum absolute atomic E-state index is 11.6. The number of ether oxygens (including phenoxy) is 1. The van der Waals surface area contributed by atoms with Crippen LogP contribution in [0.25, 0.3) is 0 Å². The lowest BCUT2D eigenvalue weighted by Gasteiger charge is -2.11. The van der Waals surface area contributed by atoms with Gasteiger partial charge >= 0.3 is 0 Å². The van der Waals surface area contributed by atoms with Gasteiger partial charge in [-0.25, -0.2) is 0 Å². The van der Waals surface area contributed by atoms with Gasteiger partial charge in [0.1, 0.15) is 5.75 Å². The van der Waals surface area contributed by atoms with E-state index in [0.29, 0.717) is 13.0 Å². The number of rotatable bonds is 7. The molecule has 0 aliphatic rings. The molecule has 4 heteroatoms. The lowest BCUT2D eigenvalue weighted by Crippen LogP contribution is -2.31. The maximum atomic E-state index is 11.6. The van der Waals surface area contributed by atoms with Crippen LogP contribution in [0.2, 0.25) is 0 Å². The van der Waals surface area contributed by atoms with Gasteiger partial charge in [-0.05, 0) is 24.1 Å². The van der Waals surface area contributed by atoms with Gasteiger partial charge in [0.25, 0.3) is 0 Å². The van der Waals surface area contributed by atoms with Crippen LogP contribution in [-0.4, -0.2) is 19.1 Å². The zero-order chi connectivity index (χ0) is 13.4. The van der Waals surface area contributed by atoms with Crippen LogP contribution in [0.3, 0.4) is 0 Å². The molecule has 1 aromatic carbocycles. The van der Waals surface area contributed by atoms with Gasteiger partial charge in [-0.3, -0.25) is 4.79 Å². The molecule has 0 saturated heterocycles. The van der Waals surface area contributed by atoms with Crippen molar-refractivity contribution in [3.05, 3.63) is 29.8 Å². The standard InChI is InChI=1S/C14H22N2O2/c1-3-5-12(15)9-14(17)16-10-11-6-4-7-13(8-11)18-2/h4,6-8,12H,3,5,9-10,15H2,1-2H3,(H,16,17). The highest BCUT2D eigenvalue weighted by Crippen LogP contribution is 2.12. The topological polar surface area (TPSA) is 64.4 Å². The number of carbonyl (C=O) groups excluding carboxylic acids is 1. The van der Waals surface area contributed by atoms with Gasteiger partial charge in [-0.15, -0.1) is 0 Å². The van der Waals surface area contributed by atoms with Crippen LogP contribution in [0.15, 0.2) is 24.3 Å². The first-order valence-electron chi connectivity index (χ1n) is 6.31. The van der Waals surface area contributed by atoms with Crippen LogP contribution in [0, 0.1) is 0 Å². The first kappa shape index (κ1) is 14.5. The summed E-state index contributed by atoms with van der Waals surface area (Å²) in [4.78, 5) is 11.6. The second kappa shape index (κ2) is 7.71. The fraction of sp³-hybridized carbons (Fsp3) is 0.500. The summed E-state index contributed by atoms with van der Waals surface area (Å²) in [6, 6.07) is 7.60. The Morgan fingerprint density at radius 3 is 2.94 bits per heavy atom. The quantitative estimate of drug-likeness (QED) is 0.776. The molecule has 0 heterocycles. The van der Waals surface area contributed by atoms with Crippen LogP contribution in [-0.2, 0) is 11.3 Å². The molecule has 0 aliphatic carbocycles. The van der Waals surface area contributed by atoms with Gasteiger partial charge in [-0.2, -0.15) is 0 Å². The predicted molar refractivity (Wildman–Crippen MR) is 72.3 cm³/mol. The van der Waals surface area contributed by atoms with Crippen molar-refractivity contribution < 1.29 is 9.53 Å². The molecule has 100 valence electrons. The molecular formula is C14H22N2O2. The second-order valence-corrected chi connectivity index (χ2v) is 4.38. The molecule has 0 spiro atoms. The molecule has 1 atom stereocenters. The number of carbonyl (C=O) groups is 1. The fourth-order valence-electron chi connectivity index (χ4n) is 1.77. The molecule has 0 aromatic heterocycles. The Balaban J connectivity index is 2.37. The summed E-state index contributed by atoms with van der Waals surface area (Å²) in [5, 5.41) is 2.87. The number of hydrogen-bond acceptors (Lipinski definition) is 3. The molecule has 0 bridgehead atoms. The lowest BCUT2D eigenvalue weighted by molar-refractivity contribution is -0.121. The van der Waals surface area contributed by atoms with Crippen molar-refractivity contribution in [2.75, 3.05) is 7.11 Å². The van der Waals surface area contributed by atoms with E-state index >= 15 is 0 Å².